The second-order valence-electron chi connectivity index (χ2n) is 3.07. The highest BCUT2D eigenvalue weighted by Crippen LogP contribution is 2.05. The highest BCUT2D eigenvalue weighted by molar-refractivity contribution is 4.45. The van der Waals surface area contributed by atoms with E-state index in [1.165, 1.54) is 32.1 Å². The molecule has 0 heterocycles. The van der Waals surface area contributed by atoms with Gasteiger partial charge in [0.2, 0.25) is 0 Å². The van der Waals surface area contributed by atoms with Crippen molar-refractivity contribution in [2.24, 2.45) is 0 Å². The van der Waals surface area contributed by atoms with Crippen LogP contribution >= 0.6 is 0 Å². The van der Waals surface area contributed by atoms with Crippen molar-refractivity contribution in [3.8, 4) is 0 Å². The van der Waals surface area contributed by atoms with E-state index in [1.54, 1.807) is 0 Å². The molecule has 0 aliphatic rings. The molecule has 1 unspecified atom stereocenters. The van der Waals surface area contributed by atoms with Gasteiger partial charge in [0.05, 0.1) is 0 Å². The van der Waals surface area contributed by atoms with Gasteiger partial charge >= 0.3 is 0 Å². The Morgan fingerprint density at radius 1 is 1.17 bits per heavy atom. The van der Waals surface area contributed by atoms with E-state index in [4.69, 9.17) is 4.74 Å². The standard InChI is InChI=1S/C10H20O2/c1-3-4-5-6-7-8-9-12-10(2)11/h10H,2-9H2,1H3. The summed E-state index contributed by atoms with van der Waals surface area (Å²) >= 11 is 0. The van der Waals surface area contributed by atoms with Crippen LogP contribution in [0.5, 0.6) is 0 Å². The van der Waals surface area contributed by atoms with Gasteiger partial charge < -0.3 is 4.74 Å². The van der Waals surface area contributed by atoms with E-state index in [9.17, 15) is 5.11 Å². The average Bonchev–Trinajstić information content (AvgIpc) is 2.02. The Morgan fingerprint density at radius 2 is 1.75 bits per heavy atom. The SMILES string of the molecule is [CH2]C([O])OCCCCCCCC. The summed E-state index contributed by atoms with van der Waals surface area (Å²) in [7, 11) is 0. The van der Waals surface area contributed by atoms with Gasteiger partial charge in [0.1, 0.15) is 0 Å². The zero-order valence-electron chi connectivity index (χ0n) is 8.05. The largest absolute Gasteiger partial charge is 0.350 e. The predicted molar refractivity (Wildman–Crippen MR) is 49.2 cm³/mol. The van der Waals surface area contributed by atoms with Crippen molar-refractivity contribution in [3.05, 3.63) is 6.92 Å². The Balaban J connectivity index is 2.82. The molecule has 72 valence electrons. The van der Waals surface area contributed by atoms with Crippen LogP contribution in [0, 0.1) is 6.92 Å². The Hall–Kier alpha value is -0.0800. The summed E-state index contributed by atoms with van der Waals surface area (Å²) in [5, 5.41) is 10.3. The second kappa shape index (κ2) is 9.01. The van der Waals surface area contributed by atoms with Crippen molar-refractivity contribution < 1.29 is 9.84 Å². The van der Waals surface area contributed by atoms with Crippen LogP contribution in [0.2, 0.25) is 0 Å². The number of rotatable bonds is 8. The minimum absolute atomic E-state index is 0.573. The van der Waals surface area contributed by atoms with Gasteiger partial charge in [-0.2, -0.15) is 0 Å². The van der Waals surface area contributed by atoms with Crippen molar-refractivity contribution in [1.82, 2.24) is 0 Å². The van der Waals surface area contributed by atoms with Crippen molar-refractivity contribution in [3.63, 3.8) is 0 Å². The molecule has 0 aliphatic heterocycles. The first-order chi connectivity index (χ1) is 5.77. The fourth-order valence-electron chi connectivity index (χ4n) is 1.10. The van der Waals surface area contributed by atoms with Gasteiger partial charge in [0.15, 0.2) is 6.29 Å². The monoisotopic (exact) mass is 172 g/mol. The van der Waals surface area contributed by atoms with Gasteiger partial charge in [-0.05, 0) is 6.42 Å². The maximum atomic E-state index is 10.3. The minimum Gasteiger partial charge on any atom is -0.350 e. The topological polar surface area (TPSA) is 29.1 Å². The van der Waals surface area contributed by atoms with Crippen LogP contribution in [-0.4, -0.2) is 12.9 Å². The quantitative estimate of drug-likeness (QED) is 0.409. The maximum Gasteiger partial charge on any atom is 0.191 e. The molecule has 12 heavy (non-hydrogen) atoms. The summed E-state index contributed by atoms with van der Waals surface area (Å²) in [4.78, 5) is 0. The Morgan fingerprint density at radius 3 is 2.33 bits per heavy atom. The first kappa shape index (κ1) is 11.9. The third-order valence-electron chi connectivity index (χ3n) is 1.80. The normalized spacial score (nSPS) is 13.2. The molecule has 2 radical (unpaired) electrons. The molecule has 0 amide bonds. The van der Waals surface area contributed by atoms with Crippen molar-refractivity contribution >= 4 is 0 Å². The number of hydrogen-bond acceptors (Lipinski definition) is 1. The van der Waals surface area contributed by atoms with Gasteiger partial charge in [-0.3, -0.25) is 0 Å². The Kier molecular flexibility index (Phi) is 8.95. The van der Waals surface area contributed by atoms with Gasteiger partial charge in [-0.25, -0.2) is 5.11 Å². The fraction of sp³-hybridized carbons (Fsp3) is 0.900. The van der Waals surface area contributed by atoms with Crippen LogP contribution < -0.4 is 0 Å². The zero-order valence-corrected chi connectivity index (χ0v) is 8.05. The highest BCUT2D eigenvalue weighted by atomic mass is 16.6. The Labute approximate surface area is 75.9 Å². The molecule has 0 fully saturated rings. The summed E-state index contributed by atoms with van der Waals surface area (Å²) in [5.74, 6) is 0. The van der Waals surface area contributed by atoms with E-state index < -0.39 is 6.29 Å². The second-order valence-corrected chi connectivity index (χ2v) is 3.07. The van der Waals surface area contributed by atoms with E-state index in [-0.39, 0.29) is 0 Å². The van der Waals surface area contributed by atoms with Gasteiger partial charge in [0, 0.05) is 13.5 Å². The molecular formula is C10H20O2. The summed E-state index contributed by atoms with van der Waals surface area (Å²) in [5.41, 5.74) is 0. The summed E-state index contributed by atoms with van der Waals surface area (Å²) in [6, 6.07) is 0. The molecule has 2 nitrogen and oxygen atoms in total. The zero-order chi connectivity index (χ0) is 9.23. The predicted octanol–water partition coefficient (Wildman–Crippen LogP) is 2.95. The lowest BCUT2D eigenvalue weighted by molar-refractivity contribution is -0.109. The van der Waals surface area contributed by atoms with Crippen LogP contribution in [0.4, 0.5) is 0 Å². The number of hydrogen-bond donors (Lipinski definition) is 0. The highest BCUT2D eigenvalue weighted by Gasteiger charge is 1.95. The fourth-order valence-corrected chi connectivity index (χ4v) is 1.10. The van der Waals surface area contributed by atoms with Crippen molar-refractivity contribution in [2.75, 3.05) is 6.61 Å². The van der Waals surface area contributed by atoms with E-state index in [2.05, 4.69) is 13.8 Å². The van der Waals surface area contributed by atoms with E-state index in [0.29, 0.717) is 6.61 Å². The molecule has 0 aliphatic carbocycles. The van der Waals surface area contributed by atoms with Crippen molar-refractivity contribution in [1.29, 1.82) is 0 Å². The average molecular weight is 172 g/mol. The molecule has 0 rings (SSSR count). The first-order valence-corrected chi connectivity index (χ1v) is 4.88. The molecular weight excluding hydrogens is 152 g/mol. The van der Waals surface area contributed by atoms with Crippen LogP contribution in [0.1, 0.15) is 45.4 Å². The van der Waals surface area contributed by atoms with Crippen molar-refractivity contribution in [2.45, 2.75) is 51.7 Å². The molecule has 0 N–H and O–H groups in total. The smallest absolute Gasteiger partial charge is 0.191 e. The molecule has 0 saturated carbocycles. The molecule has 0 spiro atoms. The van der Waals surface area contributed by atoms with E-state index in [1.807, 2.05) is 0 Å². The summed E-state index contributed by atoms with van der Waals surface area (Å²) < 4.78 is 4.78. The number of ether oxygens (including phenoxy) is 1. The van der Waals surface area contributed by atoms with Crippen LogP contribution in [0.15, 0.2) is 0 Å². The van der Waals surface area contributed by atoms with Gasteiger partial charge in [0.25, 0.3) is 0 Å². The van der Waals surface area contributed by atoms with Gasteiger partial charge in [-0.1, -0.05) is 39.0 Å². The first-order valence-electron chi connectivity index (χ1n) is 4.88. The third kappa shape index (κ3) is 9.92. The van der Waals surface area contributed by atoms with Crippen LogP contribution in [0.25, 0.3) is 0 Å². The Bertz CT molecular complexity index is 81.9. The molecule has 0 aromatic carbocycles. The third-order valence-corrected chi connectivity index (χ3v) is 1.80. The minimum atomic E-state index is -1.10. The molecule has 0 bridgehead atoms. The molecule has 0 aromatic rings. The molecule has 2 heteroatoms. The van der Waals surface area contributed by atoms with E-state index >= 15 is 0 Å². The molecule has 0 saturated heterocycles. The lowest BCUT2D eigenvalue weighted by Crippen LogP contribution is -2.05. The summed E-state index contributed by atoms with van der Waals surface area (Å²) in [6.45, 7) is 5.98. The van der Waals surface area contributed by atoms with Crippen LogP contribution in [0.3, 0.4) is 0 Å². The summed E-state index contributed by atoms with van der Waals surface area (Å²) in [6.07, 6.45) is 6.24. The lowest BCUT2D eigenvalue weighted by atomic mass is 10.1. The van der Waals surface area contributed by atoms with Crippen LogP contribution in [-0.2, 0) is 9.84 Å². The molecule has 1 atom stereocenters. The maximum absolute atomic E-state index is 10.3. The lowest BCUT2D eigenvalue weighted by Gasteiger charge is -2.03. The number of unbranched alkanes of at least 4 members (excludes halogenated alkanes) is 5. The van der Waals surface area contributed by atoms with Gasteiger partial charge in [-0.15, -0.1) is 0 Å². The van der Waals surface area contributed by atoms with E-state index in [0.717, 1.165) is 6.42 Å². The molecule has 0 aromatic heterocycles.